The minimum absolute atomic E-state index is 0.112. The second-order valence-electron chi connectivity index (χ2n) is 5.77. The molecule has 0 aliphatic carbocycles. The Morgan fingerprint density at radius 3 is 2.46 bits per heavy atom. The van der Waals surface area contributed by atoms with Crippen molar-refractivity contribution in [1.82, 2.24) is 5.32 Å². The molecule has 2 aromatic carbocycles. The summed E-state index contributed by atoms with van der Waals surface area (Å²) in [5, 5.41) is 10.3. The molecular formula is C18H21N3O4S. The fourth-order valence-electron chi connectivity index (χ4n) is 2.46. The maximum Gasteiger partial charge on any atom is 0.251 e. The highest BCUT2D eigenvalue weighted by Crippen LogP contribution is 2.16. The first-order valence-electron chi connectivity index (χ1n) is 8.01. The molecule has 0 radical (unpaired) electrons. The zero-order chi connectivity index (χ0) is 19.3. The van der Waals surface area contributed by atoms with E-state index in [9.17, 15) is 18.0 Å². The quantitative estimate of drug-likeness (QED) is 0.710. The first-order valence-corrected chi connectivity index (χ1v) is 9.56. The molecule has 7 nitrogen and oxygen atoms in total. The molecule has 0 aromatic heterocycles. The average Bonchev–Trinajstić information content (AvgIpc) is 2.59. The number of carbonyl (C=O) groups excluding carboxylic acids is 2. The molecule has 0 unspecified atom stereocenters. The maximum absolute atomic E-state index is 12.2. The number of sulfonamides is 1. The van der Waals surface area contributed by atoms with Gasteiger partial charge in [0, 0.05) is 11.3 Å². The summed E-state index contributed by atoms with van der Waals surface area (Å²) < 4.78 is 23.1. The summed E-state index contributed by atoms with van der Waals surface area (Å²) in [5.74, 6) is -0.938. The van der Waals surface area contributed by atoms with Gasteiger partial charge in [-0.1, -0.05) is 31.2 Å². The van der Waals surface area contributed by atoms with Crippen LogP contribution in [0.3, 0.4) is 0 Å². The third-order valence-corrected chi connectivity index (χ3v) is 4.89. The SMILES string of the molecule is CCc1ccccc1NC(=O)CNC(=O)c1ccc(C)c(S(N)(=O)=O)c1. The number of anilines is 1. The lowest BCUT2D eigenvalue weighted by molar-refractivity contribution is -0.115. The Kier molecular flexibility index (Phi) is 6.12. The Balaban J connectivity index is 2.04. The molecule has 138 valence electrons. The lowest BCUT2D eigenvalue weighted by atomic mass is 10.1. The van der Waals surface area contributed by atoms with Crippen LogP contribution < -0.4 is 15.8 Å². The van der Waals surface area contributed by atoms with E-state index in [4.69, 9.17) is 5.14 Å². The molecule has 2 amide bonds. The van der Waals surface area contributed by atoms with Crippen molar-refractivity contribution in [2.24, 2.45) is 5.14 Å². The van der Waals surface area contributed by atoms with Crippen molar-refractivity contribution in [2.45, 2.75) is 25.2 Å². The van der Waals surface area contributed by atoms with Gasteiger partial charge < -0.3 is 10.6 Å². The highest BCUT2D eigenvalue weighted by Gasteiger charge is 2.16. The normalized spacial score (nSPS) is 11.0. The Labute approximate surface area is 152 Å². The van der Waals surface area contributed by atoms with Gasteiger partial charge in [-0.05, 0) is 42.7 Å². The molecule has 26 heavy (non-hydrogen) atoms. The van der Waals surface area contributed by atoms with E-state index in [2.05, 4.69) is 10.6 Å². The number of nitrogens with one attached hydrogen (secondary N) is 2. The van der Waals surface area contributed by atoms with Gasteiger partial charge in [0.05, 0.1) is 11.4 Å². The number of para-hydroxylation sites is 1. The van der Waals surface area contributed by atoms with E-state index in [0.717, 1.165) is 12.0 Å². The number of aryl methyl sites for hydroxylation is 2. The van der Waals surface area contributed by atoms with Crippen LogP contribution in [0.15, 0.2) is 47.4 Å². The highest BCUT2D eigenvalue weighted by atomic mass is 32.2. The summed E-state index contributed by atoms with van der Waals surface area (Å²) in [4.78, 5) is 24.1. The zero-order valence-electron chi connectivity index (χ0n) is 14.6. The van der Waals surface area contributed by atoms with Crippen molar-refractivity contribution < 1.29 is 18.0 Å². The van der Waals surface area contributed by atoms with Crippen molar-refractivity contribution in [2.75, 3.05) is 11.9 Å². The summed E-state index contributed by atoms with van der Waals surface area (Å²) in [6.45, 7) is 3.32. The van der Waals surface area contributed by atoms with Crippen LogP contribution in [0.4, 0.5) is 5.69 Å². The fraction of sp³-hybridized carbons (Fsp3) is 0.222. The molecule has 8 heteroatoms. The predicted octanol–water partition coefficient (Wildman–Crippen LogP) is 1.57. The lowest BCUT2D eigenvalue weighted by Gasteiger charge is -2.11. The van der Waals surface area contributed by atoms with E-state index in [1.54, 1.807) is 13.0 Å². The van der Waals surface area contributed by atoms with Gasteiger partial charge in [-0.25, -0.2) is 13.6 Å². The van der Waals surface area contributed by atoms with Gasteiger partial charge in [-0.2, -0.15) is 0 Å². The number of carbonyl (C=O) groups is 2. The van der Waals surface area contributed by atoms with Gasteiger partial charge >= 0.3 is 0 Å². The van der Waals surface area contributed by atoms with Crippen molar-refractivity contribution in [3.05, 3.63) is 59.2 Å². The summed E-state index contributed by atoms with van der Waals surface area (Å²) in [6.07, 6.45) is 0.766. The van der Waals surface area contributed by atoms with Crippen LogP contribution in [0.2, 0.25) is 0 Å². The maximum atomic E-state index is 12.2. The number of benzene rings is 2. The molecule has 0 aliphatic heterocycles. The molecule has 0 fully saturated rings. The summed E-state index contributed by atoms with van der Waals surface area (Å²) in [5.41, 5.74) is 2.24. The van der Waals surface area contributed by atoms with E-state index < -0.39 is 15.9 Å². The molecule has 0 spiro atoms. The van der Waals surface area contributed by atoms with Crippen LogP contribution in [0.25, 0.3) is 0 Å². The van der Waals surface area contributed by atoms with E-state index in [1.165, 1.54) is 18.2 Å². The molecular weight excluding hydrogens is 354 g/mol. The number of primary sulfonamides is 1. The Bertz CT molecular complexity index is 939. The Morgan fingerprint density at radius 2 is 1.81 bits per heavy atom. The van der Waals surface area contributed by atoms with Crippen LogP contribution in [-0.2, 0) is 21.2 Å². The van der Waals surface area contributed by atoms with Crippen molar-refractivity contribution >= 4 is 27.5 Å². The molecule has 4 N–H and O–H groups in total. The van der Waals surface area contributed by atoms with Crippen molar-refractivity contribution in [3.63, 3.8) is 0 Å². The number of rotatable bonds is 6. The van der Waals surface area contributed by atoms with Crippen molar-refractivity contribution in [3.8, 4) is 0 Å². The number of nitrogens with two attached hydrogens (primary N) is 1. The largest absolute Gasteiger partial charge is 0.343 e. The number of hydrogen-bond donors (Lipinski definition) is 3. The van der Waals surface area contributed by atoms with Gasteiger partial charge in [0.1, 0.15) is 0 Å². The van der Waals surface area contributed by atoms with Gasteiger partial charge in [-0.3, -0.25) is 9.59 Å². The first-order chi connectivity index (χ1) is 12.2. The van der Waals surface area contributed by atoms with E-state index in [1.807, 2.05) is 25.1 Å². The monoisotopic (exact) mass is 375 g/mol. The van der Waals surface area contributed by atoms with Crippen molar-refractivity contribution in [1.29, 1.82) is 0 Å². The van der Waals surface area contributed by atoms with Gasteiger partial charge in [0.25, 0.3) is 5.91 Å². The van der Waals surface area contributed by atoms with Gasteiger partial charge in [-0.15, -0.1) is 0 Å². The third-order valence-electron chi connectivity index (χ3n) is 3.84. The van der Waals surface area contributed by atoms with E-state index >= 15 is 0 Å². The van der Waals surface area contributed by atoms with Crippen LogP contribution in [-0.4, -0.2) is 26.8 Å². The molecule has 2 rings (SSSR count). The predicted molar refractivity (Wildman–Crippen MR) is 99.3 cm³/mol. The fourth-order valence-corrected chi connectivity index (χ4v) is 3.26. The topological polar surface area (TPSA) is 118 Å². The summed E-state index contributed by atoms with van der Waals surface area (Å²) in [6, 6.07) is 11.6. The van der Waals surface area contributed by atoms with Crippen LogP contribution in [0, 0.1) is 6.92 Å². The average molecular weight is 375 g/mol. The standard InChI is InChI=1S/C18H21N3O4S/c1-3-13-6-4-5-7-15(13)21-17(22)11-20-18(23)14-9-8-12(2)16(10-14)26(19,24)25/h4-10H,3,11H2,1-2H3,(H,20,23)(H,21,22)(H2,19,24,25). The Hall–Kier alpha value is -2.71. The summed E-state index contributed by atoms with van der Waals surface area (Å²) in [7, 11) is -3.93. The number of amides is 2. The molecule has 0 atom stereocenters. The number of hydrogen-bond acceptors (Lipinski definition) is 4. The third kappa shape index (κ3) is 4.90. The Morgan fingerprint density at radius 1 is 1.12 bits per heavy atom. The zero-order valence-corrected chi connectivity index (χ0v) is 15.4. The van der Waals surface area contributed by atoms with Gasteiger partial charge in [0.2, 0.25) is 15.9 Å². The van der Waals surface area contributed by atoms with E-state index in [0.29, 0.717) is 11.3 Å². The second-order valence-corrected chi connectivity index (χ2v) is 7.30. The molecule has 0 aliphatic rings. The highest BCUT2D eigenvalue weighted by molar-refractivity contribution is 7.89. The van der Waals surface area contributed by atoms with Crippen LogP contribution in [0.1, 0.15) is 28.4 Å². The molecule has 0 saturated heterocycles. The molecule has 2 aromatic rings. The molecule has 0 heterocycles. The molecule has 0 bridgehead atoms. The second kappa shape index (κ2) is 8.11. The minimum Gasteiger partial charge on any atom is -0.343 e. The summed E-state index contributed by atoms with van der Waals surface area (Å²) >= 11 is 0. The van der Waals surface area contributed by atoms with Crippen LogP contribution in [0.5, 0.6) is 0 Å². The van der Waals surface area contributed by atoms with Gasteiger partial charge in [0.15, 0.2) is 0 Å². The lowest BCUT2D eigenvalue weighted by Crippen LogP contribution is -2.33. The smallest absolute Gasteiger partial charge is 0.251 e. The van der Waals surface area contributed by atoms with E-state index in [-0.39, 0.29) is 22.9 Å². The van der Waals surface area contributed by atoms with Crippen LogP contribution >= 0.6 is 0 Å². The minimum atomic E-state index is -3.93. The first kappa shape index (κ1) is 19.6. The molecule has 0 saturated carbocycles.